The van der Waals surface area contributed by atoms with Crippen LogP contribution in [0, 0.1) is 5.82 Å². The number of hydrogen-bond acceptors (Lipinski definition) is 4. The van der Waals surface area contributed by atoms with Crippen LogP contribution in [0.2, 0.25) is 0 Å². The molecule has 28 heavy (non-hydrogen) atoms. The van der Waals surface area contributed by atoms with Gasteiger partial charge in [-0.15, -0.1) is 5.10 Å². The van der Waals surface area contributed by atoms with Crippen LogP contribution in [0.15, 0.2) is 53.5 Å². The summed E-state index contributed by atoms with van der Waals surface area (Å²) in [5, 5.41) is 12.0. The predicted molar refractivity (Wildman–Crippen MR) is 103 cm³/mol. The number of fused-ring (bicyclic) bond motifs is 2. The Morgan fingerprint density at radius 3 is 2.93 bits per heavy atom. The van der Waals surface area contributed by atoms with Gasteiger partial charge in [-0.05, 0) is 42.3 Å². The van der Waals surface area contributed by atoms with Crippen molar-refractivity contribution >= 4 is 27.7 Å². The first-order chi connectivity index (χ1) is 13.6. The summed E-state index contributed by atoms with van der Waals surface area (Å²) in [6.45, 7) is 0.571. The standard InChI is InChI=1S/C20H18FN5O2/c21-14-5-6-17-16(11-14)13(12-23-17)7-9-22-19(27)8-10-26-20(28)15-3-1-2-4-18(15)24-25-26/h1-6,11-12,23H,7-10H2,(H,22,27). The van der Waals surface area contributed by atoms with E-state index in [-0.39, 0.29) is 30.2 Å². The largest absolute Gasteiger partial charge is 0.361 e. The molecule has 0 saturated heterocycles. The Morgan fingerprint density at radius 2 is 2.04 bits per heavy atom. The fourth-order valence-corrected chi connectivity index (χ4v) is 3.16. The molecule has 0 bridgehead atoms. The van der Waals surface area contributed by atoms with Crippen molar-refractivity contribution in [1.82, 2.24) is 25.3 Å². The van der Waals surface area contributed by atoms with Crippen LogP contribution in [0.1, 0.15) is 12.0 Å². The smallest absolute Gasteiger partial charge is 0.277 e. The molecule has 7 nitrogen and oxygen atoms in total. The topological polar surface area (TPSA) is 92.7 Å². The van der Waals surface area contributed by atoms with Crippen molar-refractivity contribution in [2.75, 3.05) is 6.54 Å². The first kappa shape index (κ1) is 17.8. The first-order valence-corrected chi connectivity index (χ1v) is 8.96. The lowest BCUT2D eigenvalue weighted by atomic mass is 10.1. The summed E-state index contributed by atoms with van der Waals surface area (Å²) in [5.74, 6) is -0.479. The van der Waals surface area contributed by atoms with E-state index >= 15 is 0 Å². The zero-order chi connectivity index (χ0) is 19.5. The molecule has 0 aliphatic heterocycles. The third kappa shape index (κ3) is 3.62. The van der Waals surface area contributed by atoms with E-state index in [1.54, 1.807) is 30.3 Å². The number of nitrogens with one attached hydrogen (secondary N) is 2. The van der Waals surface area contributed by atoms with Gasteiger partial charge in [-0.25, -0.2) is 9.07 Å². The molecular weight excluding hydrogens is 361 g/mol. The number of rotatable bonds is 6. The molecule has 142 valence electrons. The van der Waals surface area contributed by atoms with Crippen LogP contribution in [0.5, 0.6) is 0 Å². The van der Waals surface area contributed by atoms with Crippen molar-refractivity contribution < 1.29 is 9.18 Å². The highest BCUT2D eigenvalue weighted by atomic mass is 19.1. The van der Waals surface area contributed by atoms with Gasteiger partial charge >= 0.3 is 0 Å². The maximum Gasteiger partial charge on any atom is 0.277 e. The highest BCUT2D eigenvalue weighted by Gasteiger charge is 2.09. The highest BCUT2D eigenvalue weighted by Crippen LogP contribution is 2.19. The van der Waals surface area contributed by atoms with Crippen molar-refractivity contribution in [3.05, 3.63) is 70.4 Å². The van der Waals surface area contributed by atoms with E-state index in [1.807, 2.05) is 6.20 Å². The lowest BCUT2D eigenvalue weighted by Gasteiger charge is -2.06. The number of nitrogens with zero attached hydrogens (tertiary/aromatic N) is 3. The Kier molecular flexibility index (Phi) is 4.84. The summed E-state index contributed by atoms with van der Waals surface area (Å²) in [5.41, 5.74) is 2.06. The van der Waals surface area contributed by atoms with Crippen molar-refractivity contribution in [2.24, 2.45) is 0 Å². The molecule has 8 heteroatoms. The molecule has 0 atom stereocenters. The minimum absolute atomic E-state index is 0.120. The maximum atomic E-state index is 13.4. The van der Waals surface area contributed by atoms with Gasteiger partial charge in [-0.1, -0.05) is 17.3 Å². The Hall–Kier alpha value is -3.55. The van der Waals surface area contributed by atoms with E-state index in [4.69, 9.17) is 0 Å². The van der Waals surface area contributed by atoms with E-state index in [2.05, 4.69) is 20.6 Å². The van der Waals surface area contributed by atoms with Crippen molar-refractivity contribution in [1.29, 1.82) is 0 Å². The molecule has 2 heterocycles. The summed E-state index contributed by atoms with van der Waals surface area (Å²) in [4.78, 5) is 27.5. The lowest BCUT2D eigenvalue weighted by molar-refractivity contribution is -0.121. The summed E-state index contributed by atoms with van der Waals surface area (Å²) in [6, 6.07) is 11.5. The van der Waals surface area contributed by atoms with Gasteiger partial charge in [0, 0.05) is 30.1 Å². The Morgan fingerprint density at radius 1 is 1.18 bits per heavy atom. The van der Waals surface area contributed by atoms with Crippen LogP contribution in [-0.2, 0) is 17.8 Å². The molecule has 2 aromatic carbocycles. The number of carbonyl (C=O) groups is 1. The van der Waals surface area contributed by atoms with Gasteiger partial charge in [0.15, 0.2) is 0 Å². The van der Waals surface area contributed by atoms with Crippen LogP contribution < -0.4 is 10.9 Å². The lowest BCUT2D eigenvalue weighted by Crippen LogP contribution is -2.30. The van der Waals surface area contributed by atoms with Gasteiger partial charge in [0.05, 0.1) is 11.9 Å². The quantitative estimate of drug-likeness (QED) is 0.537. The van der Waals surface area contributed by atoms with Crippen molar-refractivity contribution in [2.45, 2.75) is 19.4 Å². The molecule has 1 amide bonds. The number of aryl methyl sites for hydroxylation is 1. The fourth-order valence-electron chi connectivity index (χ4n) is 3.16. The molecule has 0 saturated carbocycles. The van der Waals surface area contributed by atoms with E-state index < -0.39 is 0 Å². The van der Waals surface area contributed by atoms with E-state index in [1.165, 1.54) is 16.8 Å². The Balaban J connectivity index is 1.33. The maximum absolute atomic E-state index is 13.4. The summed E-state index contributed by atoms with van der Waals surface area (Å²) in [7, 11) is 0. The minimum Gasteiger partial charge on any atom is -0.361 e. The molecule has 0 aliphatic carbocycles. The normalized spacial score (nSPS) is 11.2. The van der Waals surface area contributed by atoms with E-state index in [0.29, 0.717) is 23.9 Å². The number of carbonyl (C=O) groups excluding carboxylic acids is 1. The molecule has 0 aliphatic rings. The van der Waals surface area contributed by atoms with Gasteiger partial charge in [0.2, 0.25) is 5.91 Å². The molecule has 0 radical (unpaired) electrons. The number of halogens is 1. The minimum atomic E-state index is -0.292. The van der Waals surface area contributed by atoms with Gasteiger partial charge in [-0.3, -0.25) is 9.59 Å². The van der Waals surface area contributed by atoms with Gasteiger partial charge in [0.25, 0.3) is 5.56 Å². The summed E-state index contributed by atoms with van der Waals surface area (Å²) in [6.07, 6.45) is 2.51. The third-order valence-electron chi connectivity index (χ3n) is 4.63. The molecule has 4 rings (SSSR count). The second-order valence-electron chi connectivity index (χ2n) is 6.49. The molecule has 2 aromatic heterocycles. The zero-order valence-electron chi connectivity index (χ0n) is 15.0. The van der Waals surface area contributed by atoms with E-state index in [0.717, 1.165) is 16.5 Å². The number of hydrogen-bond donors (Lipinski definition) is 2. The van der Waals surface area contributed by atoms with Crippen LogP contribution >= 0.6 is 0 Å². The van der Waals surface area contributed by atoms with Crippen LogP contribution in [0.4, 0.5) is 4.39 Å². The number of aromatic nitrogens is 4. The number of H-pyrrole nitrogens is 1. The molecule has 0 fully saturated rings. The van der Waals surface area contributed by atoms with Crippen molar-refractivity contribution in [3.63, 3.8) is 0 Å². The van der Waals surface area contributed by atoms with Crippen LogP contribution in [0.3, 0.4) is 0 Å². The second-order valence-corrected chi connectivity index (χ2v) is 6.49. The Bertz CT molecular complexity index is 1210. The van der Waals surface area contributed by atoms with Crippen LogP contribution in [0.25, 0.3) is 21.8 Å². The summed E-state index contributed by atoms with van der Waals surface area (Å²) >= 11 is 0. The number of benzene rings is 2. The third-order valence-corrected chi connectivity index (χ3v) is 4.63. The fraction of sp³-hybridized carbons (Fsp3) is 0.200. The SMILES string of the molecule is O=C(CCn1nnc2ccccc2c1=O)NCCc1c[nH]c2ccc(F)cc12. The molecule has 0 spiro atoms. The average molecular weight is 379 g/mol. The average Bonchev–Trinajstić information content (AvgIpc) is 3.10. The molecule has 0 unspecified atom stereocenters. The van der Waals surface area contributed by atoms with Gasteiger partial charge in [-0.2, -0.15) is 0 Å². The highest BCUT2D eigenvalue weighted by molar-refractivity contribution is 5.83. The zero-order valence-corrected chi connectivity index (χ0v) is 15.0. The number of amides is 1. The molecule has 2 N–H and O–H groups in total. The van der Waals surface area contributed by atoms with E-state index in [9.17, 15) is 14.0 Å². The monoisotopic (exact) mass is 379 g/mol. The predicted octanol–water partition coefficient (Wildman–Crippen LogP) is 2.16. The first-order valence-electron chi connectivity index (χ1n) is 8.96. The second kappa shape index (κ2) is 7.59. The van der Waals surface area contributed by atoms with Gasteiger partial charge < -0.3 is 10.3 Å². The number of aromatic amines is 1. The molecular formula is C20H18FN5O2. The molecule has 4 aromatic rings. The van der Waals surface area contributed by atoms with Crippen molar-refractivity contribution in [3.8, 4) is 0 Å². The van der Waals surface area contributed by atoms with Crippen LogP contribution in [-0.4, -0.2) is 32.4 Å². The Labute approximate surface area is 159 Å². The summed E-state index contributed by atoms with van der Waals surface area (Å²) < 4.78 is 14.6. The van der Waals surface area contributed by atoms with Gasteiger partial charge in [0.1, 0.15) is 11.3 Å².